The highest BCUT2D eigenvalue weighted by Gasteiger charge is 2.58. The van der Waals surface area contributed by atoms with Crippen LogP contribution in [-0.4, -0.2) is 60.0 Å². The van der Waals surface area contributed by atoms with Crippen molar-refractivity contribution < 1.29 is 19.5 Å². The third-order valence-corrected chi connectivity index (χ3v) is 7.08. The van der Waals surface area contributed by atoms with Crippen LogP contribution in [0.2, 0.25) is 0 Å². The molecular weight excluding hydrogens is 418 g/mol. The minimum atomic E-state index is -0.749. The van der Waals surface area contributed by atoms with Crippen LogP contribution in [0.5, 0.6) is 0 Å². The first-order valence-electron chi connectivity index (χ1n) is 12.1. The third kappa shape index (κ3) is 5.13. The zero-order chi connectivity index (χ0) is 24.0. The van der Waals surface area contributed by atoms with Gasteiger partial charge in [-0.05, 0) is 30.7 Å². The number of nitrogens with one attached hydrogen (secondary N) is 2. The van der Waals surface area contributed by atoms with E-state index in [-0.39, 0.29) is 30.2 Å². The molecular formula is C26H37N3O4. The Morgan fingerprint density at radius 1 is 1.12 bits per heavy atom. The molecule has 0 saturated carbocycles. The second-order valence-corrected chi connectivity index (χ2v) is 9.06. The van der Waals surface area contributed by atoms with Gasteiger partial charge in [0, 0.05) is 19.5 Å². The van der Waals surface area contributed by atoms with Crippen LogP contribution in [0, 0.1) is 23.7 Å². The number of rotatable bonds is 10. The predicted molar refractivity (Wildman–Crippen MR) is 127 cm³/mol. The summed E-state index contributed by atoms with van der Waals surface area (Å²) in [6.45, 7) is 4.33. The molecule has 6 atom stereocenters. The summed E-state index contributed by atoms with van der Waals surface area (Å²) in [6.07, 6.45) is 6.91. The van der Waals surface area contributed by atoms with E-state index < -0.39 is 29.8 Å². The standard InChI is InChI=1S/C26H37N3O4/c1-4-6-14-28-25(32)23-20-13-12-18(5-2)21(24(31)27-3)22(20)26(33)29(23)19(16-30)15-17-10-8-7-9-11-17/h7-13,18-23,30H,4-6,14-16H2,1-3H3,(H,27,31)(H,28,32)/t18-,19-,20+,21-,22-,23+/m1/s1. The van der Waals surface area contributed by atoms with E-state index in [9.17, 15) is 19.5 Å². The summed E-state index contributed by atoms with van der Waals surface area (Å²) in [5.41, 5.74) is 0.981. The maximum atomic E-state index is 13.9. The topological polar surface area (TPSA) is 98.7 Å². The Morgan fingerprint density at radius 2 is 1.85 bits per heavy atom. The fourth-order valence-corrected chi connectivity index (χ4v) is 5.38. The van der Waals surface area contributed by atoms with E-state index in [0.717, 1.165) is 24.8 Å². The zero-order valence-corrected chi connectivity index (χ0v) is 19.9. The summed E-state index contributed by atoms with van der Waals surface area (Å²) in [6, 6.07) is 8.36. The number of aliphatic hydroxyl groups excluding tert-OH is 1. The molecule has 180 valence electrons. The molecule has 0 radical (unpaired) electrons. The Hall–Kier alpha value is -2.67. The van der Waals surface area contributed by atoms with Gasteiger partial charge in [-0.3, -0.25) is 14.4 Å². The minimum Gasteiger partial charge on any atom is -0.394 e. The quantitative estimate of drug-likeness (QED) is 0.371. The molecule has 0 spiro atoms. The summed E-state index contributed by atoms with van der Waals surface area (Å²) in [7, 11) is 1.58. The van der Waals surface area contributed by atoms with Crippen LogP contribution in [-0.2, 0) is 20.8 Å². The Morgan fingerprint density at radius 3 is 2.45 bits per heavy atom. The maximum absolute atomic E-state index is 13.9. The molecule has 3 N–H and O–H groups in total. The van der Waals surface area contributed by atoms with Gasteiger partial charge < -0.3 is 20.6 Å². The average molecular weight is 456 g/mol. The molecule has 1 aliphatic carbocycles. The molecule has 0 unspecified atom stereocenters. The van der Waals surface area contributed by atoms with Gasteiger partial charge >= 0.3 is 0 Å². The second-order valence-electron chi connectivity index (χ2n) is 9.06. The van der Waals surface area contributed by atoms with Crippen LogP contribution >= 0.6 is 0 Å². The molecule has 3 rings (SSSR count). The summed E-state index contributed by atoms with van der Waals surface area (Å²) >= 11 is 0. The highest BCUT2D eigenvalue weighted by molar-refractivity contribution is 5.97. The molecule has 0 aromatic heterocycles. The molecule has 1 saturated heterocycles. The van der Waals surface area contributed by atoms with E-state index in [0.29, 0.717) is 13.0 Å². The van der Waals surface area contributed by atoms with Crippen LogP contribution in [0.1, 0.15) is 38.7 Å². The number of nitrogens with zero attached hydrogens (tertiary/aromatic N) is 1. The number of fused-ring (bicyclic) bond motifs is 1. The SMILES string of the molecule is CCCCNC(=O)[C@@H]1[C@H]2C=C[C@@H](CC)[C@@H](C(=O)NC)[C@@H]2C(=O)N1[C@@H](CO)Cc1ccccc1. The van der Waals surface area contributed by atoms with Crippen LogP contribution in [0.3, 0.4) is 0 Å². The monoisotopic (exact) mass is 455 g/mol. The Kier molecular flexibility index (Phi) is 8.67. The molecule has 33 heavy (non-hydrogen) atoms. The normalized spacial score (nSPS) is 27.2. The second kappa shape index (κ2) is 11.5. The number of benzene rings is 1. The van der Waals surface area contributed by atoms with Gasteiger partial charge in [-0.15, -0.1) is 0 Å². The lowest BCUT2D eigenvalue weighted by Gasteiger charge is -2.34. The number of aliphatic hydroxyl groups is 1. The lowest BCUT2D eigenvalue weighted by Crippen LogP contribution is -2.53. The van der Waals surface area contributed by atoms with Gasteiger partial charge in [0.25, 0.3) is 0 Å². The van der Waals surface area contributed by atoms with E-state index in [1.807, 2.05) is 49.4 Å². The summed E-state index contributed by atoms with van der Waals surface area (Å²) in [4.78, 5) is 41.7. The van der Waals surface area contributed by atoms with Crippen LogP contribution in [0.4, 0.5) is 0 Å². The van der Waals surface area contributed by atoms with Crippen molar-refractivity contribution in [1.82, 2.24) is 15.5 Å². The Balaban J connectivity index is 2.00. The van der Waals surface area contributed by atoms with E-state index >= 15 is 0 Å². The van der Waals surface area contributed by atoms with Gasteiger partial charge in [0.15, 0.2) is 0 Å². The van der Waals surface area contributed by atoms with E-state index in [1.54, 1.807) is 11.9 Å². The lowest BCUT2D eigenvalue weighted by atomic mass is 9.69. The summed E-state index contributed by atoms with van der Waals surface area (Å²) in [5, 5.41) is 16.0. The van der Waals surface area contributed by atoms with Crippen molar-refractivity contribution in [3.8, 4) is 0 Å². The smallest absolute Gasteiger partial charge is 0.243 e. The number of carbonyl (C=O) groups is 3. The van der Waals surface area contributed by atoms with Crippen molar-refractivity contribution in [3.63, 3.8) is 0 Å². The van der Waals surface area contributed by atoms with Crippen molar-refractivity contribution in [2.45, 2.75) is 51.6 Å². The molecule has 0 bridgehead atoms. The van der Waals surface area contributed by atoms with Crippen molar-refractivity contribution in [2.24, 2.45) is 23.7 Å². The third-order valence-electron chi connectivity index (χ3n) is 7.08. The number of likely N-dealkylation sites (tertiary alicyclic amines) is 1. The molecule has 7 nitrogen and oxygen atoms in total. The predicted octanol–water partition coefficient (Wildman–Crippen LogP) is 1.91. The Labute approximate surface area is 196 Å². The molecule has 1 heterocycles. The van der Waals surface area contributed by atoms with Gasteiger partial charge in [-0.25, -0.2) is 0 Å². The first-order chi connectivity index (χ1) is 16.0. The van der Waals surface area contributed by atoms with Crippen LogP contribution in [0.25, 0.3) is 0 Å². The molecule has 1 fully saturated rings. The lowest BCUT2D eigenvalue weighted by molar-refractivity contribution is -0.143. The first kappa shape index (κ1) is 25.0. The number of carbonyl (C=O) groups excluding carboxylic acids is 3. The largest absolute Gasteiger partial charge is 0.394 e. The van der Waals surface area contributed by atoms with Gasteiger partial charge in [-0.1, -0.05) is 62.8 Å². The van der Waals surface area contributed by atoms with Crippen molar-refractivity contribution >= 4 is 17.7 Å². The number of amides is 3. The molecule has 1 aromatic rings. The van der Waals surface area contributed by atoms with E-state index in [4.69, 9.17) is 0 Å². The Bertz CT molecular complexity index is 856. The maximum Gasteiger partial charge on any atom is 0.243 e. The van der Waals surface area contributed by atoms with Gasteiger partial charge in [0.1, 0.15) is 6.04 Å². The average Bonchev–Trinajstić information content (AvgIpc) is 3.14. The molecule has 2 aliphatic rings. The number of unbranched alkanes of at least 4 members (excludes halogenated alkanes) is 1. The minimum absolute atomic E-state index is 0.0689. The fourth-order valence-electron chi connectivity index (χ4n) is 5.38. The van der Waals surface area contributed by atoms with Gasteiger partial charge in [0.2, 0.25) is 17.7 Å². The number of hydrogen-bond acceptors (Lipinski definition) is 4. The van der Waals surface area contributed by atoms with Crippen LogP contribution in [0.15, 0.2) is 42.5 Å². The number of allylic oxidation sites excluding steroid dienone is 1. The summed E-state index contributed by atoms with van der Waals surface area (Å²) < 4.78 is 0. The number of hydrogen-bond donors (Lipinski definition) is 3. The van der Waals surface area contributed by atoms with Crippen molar-refractivity contribution in [3.05, 3.63) is 48.0 Å². The fraction of sp³-hybridized carbons (Fsp3) is 0.577. The first-order valence-corrected chi connectivity index (χ1v) is 12.1. The zero-order valence-electron chi connectivity index (χ0n) is 19.9. The van der Waals surface area contributed by atoms with Gasteiger partial charge in [-0.2, -0.15) is 0 Å². The molecule has 1 aliphatic heterocycles. The molecule has 3 amide bonds. The molecule has 7 heteroatoms. The van der Waals surface area contributed by atoms with Crippen molar-refractivity contribution in [1.29, 1.82) is 0 Å². The van der Waals surface area contributed by atoms with Gasteiger partial charge in [0.05, 0.1) is 24.5 Å². The van der Waals surface area contributed by atoms with Crippen LogP contribution < -0.4 is 10.6 Å². The van der Waals surface area contributed by atoms with E-state index in [1.165, 1.54) is 0 Å². The highest BCUT2D eigenvalue weighted by Crippen LogP contribution is 2.45. The molecule has 1 aromatic carbocycles. The van der Waals surface area contributed by atoms with E-state index in [2.05, 4.69) is 17.6 Å². The summed E-state index contributed by atoms with van der Waals surface area (Å²) in [5.74, 6) is -2.24. The highest BCUT2D eigenvalue weighted by atomic mass is 16.3. The van der Waals surface area contributed by atoms with Crippen molar-refractivity contribution in [2.75, 3.05) is 20.2 Å².